The number of anilines is 1. The van der Waals surface area contributed by atoms with E-state index < -0.39 is 5.82 Å². The number of nitrogen functional groups attached to an aromatic ring is 1. The second kappa shape index (κ2) is 3.47. The van der Waals surface area contributed by atoms with Crippen molar-refractivity contribution >= 4 is 28.9 Å². The molecule has 0 spiro atoms. The average molecular weight is 209 g/mol. The Morgan fingerprint density at radius 1 is 1.33 bits per heavy atom. The van der Waals surface area contributed by atoms with E-state index in [9.17, 15) is 4.39 Å². The van der Waals surface area contributed by atoms with Gasteiger partial charge in [-0.1, -0.05) is 23.2 Å². The van der Waals surface area contributed by atoms with Crippen LogP contribution in [0.15, 0.2) is 6.07 Å². The van der Waals surface area contributed by atoms with E-state index in [1.807, 2.05) is 0 Å². The molecule has 0 fully saturated rings. The van der Waals surface area contributed by atoms with Crippen molar-refractivity contribution in [3.8, 4) is 0 Å². The number of halogens is 3. The lowest BCUT2D eigenvalue weighted by atomic mass is 10.1. The summed E-state index contributed by atoms with van der Waals surface area (Å²) in [5.74, 6) is -0.596. The maximum absolute atomic E-state index is 13.1. The van der Waals surface area contributed by atoms with Gasteiger partial charge >= 0.3 is 0 Å². The summed E-state index contributed by atoms with van der Waals surface area (Å²) in [6.07, 6.45) is 0. The Balaban J connectivity index is 3.42. The molecule has 4 N–H and O–H groups in total. The van der Waals surface area contributed by atoms with Crippen molar-refractivity contribution < 1.29 is 4.39 Å². The van der Waals surface area contributed by atoms with E-state index in [0.29, 0.717) is 0 Å². The molecule has 1 aromatic rings. The molecule has 5 heteroatoms. The molecule has 0 unspecified atom stereocenters. The lowest BCUT2D eigenvalue weighted by Gasteiger charge is -2.07. The fraction of sp³-hybridized carbons (Fsp3) is 0.143. The monoisotopic (exact) mass is 208 g/mol. The summed E-state index contributed by atoms with van der Waals surface area (Å²) in [6.45, 7) is -0.0159. The third-order valence-electron chi connectivity index (χ3n) is 1.51. The first-order valence-corrected chi connectivity index (χ1v) is 3.95. The van der Waals surface area contributed by atoms with E-state index in [1.165, 1.54) is 6.07 Å². The third kappa shape index (κ3) is 1.48. The second-order valence-corrected chi connectivity index (χ2v) is 3.06. The lowest BCUT2D eigenvalue weighted by molar-refractivity contribution is 0.612. The maximum atomic E-state index is 13.1. The highest BCUT2D eigenvalue weighted by Gasteiger charge is 2.12. The molecule has 0 heterocycles. The molecular formula is C7H7Cl2FN2. The van der Waals surface area contributed by atoms with E-state index in [1.54, 1.807) is 0 Å². The summed E-state index contributed by atoms with van der Waals surface area (Å²) >= 11 is 11.1. The Hall–Kier alpha value is -0.510. The fourth-order valence-electron chi connectivity index (χ4n) is 0.858. The van der Waals surface area contributed by atoms with E-state index in [0.717, 1.165) is 0 Å². The van der Waals surface area contributed by atoms with Gasteiger partial charge in [0.05, 0.1) is 15.7 Å². The topological polar surface area (TPSA) is 52.0 Å². The van der Waals surface area contributed by atoms with Crippen molar-refractivity contribution in [1.29, 1.82) is 0 Å². The number of nitrogens with two attached hydrogens (primary N) is 2. The van der Waals surface area contributed by atoms with Crippen LogP contribution in [0.2, 0.25) is 10.0 Å². The van der Waals surface area contributed by atoms with Gasteiger partial charge < -0.3 is 11.5 Å². The van der Waals surface area contributed by atoms with E-state index in [4.69, 9.17) is 34.7 Å². The number of rotatable bonds is 1. The summed E-state index contributed by atoms with van der Waals surface area (Å²) in [6, 6.07) is 1.26. The normalized spacial score (nSPS) is 10.3. The van der Waals surface area contributed by atoms with Crippen molar-refractivity contribution in [1.82, 2.24) is 0 Å². The molecule has 0 saturated carbocycles. The number of hydrogen-bond acceptors (Lipinski definition) is 2. The van der Waals surface area contributed by atoms with Gasteiger partial charge in [0.15, 0.2) is 0 Å². The van der Waals surface area contributed by atoms with Gasteiger partial charge in [0.25, 0.3) is 0 Å². The summed E-state index contributed by atoms with van der Waals surface area (Å²) in [5.41, 5.74) is 11.0. The molecule has 0 amide bonds. The van der Waals surface area contributed by atoms with Crippen molar-refractivity contribution in [3.05, 3.63) is 27.5 Å². The van der Waals surface area contributed by atoms with Gasteiger partial charge in [-0.2, -0.15) is 0 Å². The second-order valence-electron chi connectivity index (χ2n) is 2.25. The smallest absolute Gasteiger partial charge is 0.148 e. The quantitative estimate of drug-likeness (QED) is 0.550. The first kappa shape index (κ1) is 9.58. The van der Waals surface area contributed by atoms with Crippen LogP contribution in [0.1, 0.15) is 5.56 Å². The average Bonchev–Trinajstić information content (AvgIpc) is 2.02. The Bertz CT molecular complexity index is 289. The summed E-state index contributed by atoms with van der Waals surface area (Å²) < 4.78 is 13.1. The minimum Gasteiger partial charge on any atom is -0.397 e. The van der Waals surface area contributed by atoms with Gasteiger partial charge in [-0.15, -0.1) is 0 Å². The van der Waals surface area contributed by atoms with Crippen LogP contribution in [-0.2, 0) is 6.54 Å². The fourth-order valence-corrected chi connectivity index (χ4v) is 1.36. The minimum absolute atomic E-state index is 0.0159. The zero-order valence-corrected chi connectivity index (χ0v) is 7.58. The molecule has 2 nitrogen and oxygen atoms in total. The van der Waals surface area contributed by atoms with Crippen LogP contribution in [0, 0.1) is 5.82 Å². The SMILES string of the molecule is NCc1c(N)c(Cl)cc(Cl)c1F. The van der Waals surface area contributed by atoms with Crippen LogP contribution in [0.25, 0.3) is 0 Å². The van der Waals surface area contributed by atoms with Gasteiger partial charge in [0.2, 0.25) is 0 Å². The summed E-state index contributed by atoms with van der Waals surface area (Å²) in [4.78, 5) is 0. The Morgan fingerprint density at radius 3 is 2.42 bits per heavy atom. The van der Waals surface area contributed by atoms with Crippen LogP contribution in [0.3, 0.4) is 0 Å². The van der Waals surface area contributed by atoms with Crippen LogP contribution in [0.5, 0.6) is 0 Å². The van der Waals surface area contributed by atoms with E-state index in [2.05, 4.69) is 0 Å². The van der Waals surface area contributed by atoms with Gasteiger partial charge in [-0.05, 0) is 6.07 Å². The molecular weight excluding hydrogens is 202 g/mol. The molecule has 12 heavy (non-hydrogen) atoms. The molecule has 66 valence electrons. The Morgan fingerprint density at radius 2 is 1.92 bits per heavy atom. The van der Waals surface area contributed by atoms with Gasteiger partial charge in [0, 0.05) is 12.1 Å². The third-order valence-corrected chi connectivity index (χ3v) is 2.10. The van der Waals surface area contributed by atoms with Crippen molar-refractivity contribution in [2.75, 3.05) is 5.73 Å². The molecule has 0 aliphatic carbocycles. The van der Waals surface area contributed by atoms with Crippen molar-refractivity contribution in [2.45, 2.75) is 6.54 Å². The first-order valence-electron chi connectivity index (χ1n) is 3.19. The van der Waals surface area contributed by atoms with Crippen LogP contribution >= 0.6 is 23.2 Å². The molecule has 1 aromatic carbocycles. The number of benzene rings is 1. The van der Waals surface area contributed by atoms with Gasteiger partial charge in [0.1, 0.15) is 5.82 Å². The van der Waals surface area contributed by atoms with Crippen molar-refractivity contribution in [3.63, 3.8) is 0 Å². The van der Waals surface area contributed by atoms with Crippen LogP contribution < -0.4 is 11.5 Å². The summed E-state index contributed by atoms with van der Waals surface area (Å²) in [5, 5.41) is 0.163. The number of hydrogen-bond donors (Lipinski definition) is 2. The van der Waals surface area contributed by atoms with E-state index in [-0.39, 0.29) is 27.8 Å². The minimum atomic E-state index is -0.596. The molecule has 0 aliphatic rings. The lowest BCUT2D eigenvalue weighted by Crippen LogP contribution is -2.05. The first-order chi connectivity index (χ1) is 5.57. The highest BCUT2D eigenvalue weighted by atomic mass is 35.5. The largest absolute Gasteiger partial charge is 0.397 e. The summed E-state index contributed by atoms with van der Waals surface area (Å²) in [7, 11) is 0. The Kier molecular flexibility index (Phi) is 2.77. The Labute approximate surface area is 79.2 Å². The molecule has 0 atom stereocenters. The molecule has 0 aromatic heterocycles. The molecule has 0 saturated heterocycles. The zero-order chi connectivity index (χ0) is 9.30. The molecule has 0 aliphatic heterocycles. The molecule has 1 rings (SSSR count). The zero-order valence-electron chi connectivity index (χ0n) is 6.07. The van der Waals surface area contributed by atoms with E-state index >= 15 is 0 Å². The maximum Gasteiger partial charge on any atom is 0.148 e. The molecule has 0 radical (unpaired) electrons. The van der Waals surface area contributed by atoms with Crippen LogP contribution in [0.4, 0.5) is 10.1 Å². The van der Waals surface area contributed by atoms with Gasteiger partial charge in [-0.3, -0.25) is 0 Å². The predicted octanol–water partition coefficient (Wildman–Crippen LogP) is 2.17. The highest BCUT2D eigenvalue weighted by Crippen LogP contribution is 2.30. The molecule has 0 bridgehead atoms. The predicted molar refractivity (Wildman–Crippen MR) is 48.7 cm³/mol. The van der Waals surface area contributed by atoms with Crippen molar-refractivity contribution in [2.24, 2.45) is 5.73 Å². The standard InChI is InChI=1S/C7H7Cl2FN2/c8-4-1-5(9)7(12)3(2-11)6(4)10/h1H,2,11-12H2. The van der Waals surface area contributed by atoms with Crippen LogP contribution in [-0.4, -0.2) is 0 Å². The van der Waals surface area contributed by atoms with Gasteiger partial charge in [-0.25, -0.2) is 4.39 Å². The highest BCUT2D eigenvalue weighted by molar-refractivity contribution is 6.36.